The van der Waals surface area contributed by atoms with Gasteiger partial charge in [-0.25, -0.2) is 13.5 Å². The molecule has 1 aliphatic rings. The van der Waals surface area contributed by atoms with E-state index < -0.39 is 11.6 Å². The fourth-order valence-electron chi connectivity index (χ4n) is 2.25. The van der Waals surface area contributed by atoms with Gasteiger partial charge in [0.1, 0.15) is 17.3 Å². The van der Waals surface area contributed by atoms with Gasteiger partial charge in [-0.1, -0.05) is 0 Å². The summed E-state index contributed by atoms with van der Waals surface area (Å²) >= 11 is 0. The van der Waals surface area contributed by atoms with E-state index >= 15 is 0 Å². The summed E-state index contributed by atoms with van der Waals surface area (Å²) in [5.74, 6) is -0.801. The van der Waals surface area contributed by atoms with Crippen LogP contribution >= 0.6 is 0 Å². The zero-order chi connectivity index (χ0) is 12.0. The number of halogens is 2. The minimum atomic E-state index is -0.655. The monoisotopic (exact) mass is 235 g/mol. The van der Waals surface area contributed by atoms with Crippen molar-refractivity contribution >= 4 is 5.82 Å². The molecular formula is C12H11F2N3. The maximum absolute atomic E-state index is 13.6. The zero-order valence-corrected chi connectivity index (χ0v) is 9.08. The van der Waals surface area contributed by atoms with Gasteiger partial charge in [-0.3, -0.25) is 0 Å². The number of hydrogen-bond acceptors (Lipinski definition) is 2. The van der Waals surface area contributed by atoms with Gasteiger partial charge in [0, 0.05) is 11.6 Å². The van der Waals surface area contributed by atoms with Crippen molar-refractivity contribution < 1.29 is 8.78 Å². The predicted molar refractivity (Wildman–Crippen MR) is 59.9 cm³/mol. The molecule has 17 heavy (non-hydrogen) atoms. The van der Waals surface area contributed by atoms with Crippen LogP contribution in [0.25, 0.3) is 5.69 Å². The largest absolute Gasteiger partial charge is 0.383 e. The number of aromatic nitrogens is 2. The molecule has 2 aromatic rings. The number of benzene rings is 1. The van der Waals surface area contributed by atoms with E-state index in [9.17, 15) is 8.78 Å². The molecule has 0 amide bonds. The van der Waals surface area contributed by atoms with Gasteiger partial charge >= 0.3 is 0 Å². The summed E-state index contributed by atoms with van der Waals surface area (Å²) in [5.41, 5.74) is 8.04. The van der Waals surface area contributed by atoms with Crippen molar-refractivity contribution in [1.82, 2.24) is 9.78 Å². The van der Waals surface area contributed by atoms with Crippen LogP contribution in [-0.2, 0) is 12.8 Å². The van der Waals surface area contributed by atoms with Crippen LogP contribution in [0.2, 0.25) is 0 Å². The van der Waals surface area contributed by atoms with Crippen molar-refractivity contribution in [2.45, 2.75) is 19.3 Å². The second kappa shape index (κ2) is 3.55. The summed E-state index contributed by atoms with van der Waals surface area (Å²) < 4.78 is 27.8. The number of nitrogens with two attached hydrogens (primary N) is 1. The molecule has 3 nitrogen and oxygen atoms in total. The lowest BCUT2D eigenvalue weighted by molar-refractivity contribution is 0.573. The number of nitrogens with zero attached hydrogens (tertiary/aromatic N) is 2. The van der Waals surface area contributed by atoms with Crippen LogP contribution < -0.4 is 5.73 Å². The molecule has 0 radical (unpaired) electrons. The topological polar surface area (TPSA) is 43.8 Å². The zero-order valence-electron chi connectivity index (χ0n) is 9.08. The fourth-order valence-corrected chi connectivity index (χ4v) is 2.25. The molecular weight excluding hydrogens is 224 g/mol. The fraction of sp³-hybridized carbons (Fsp3) is 0.250. The van der Waals surface area contributed by atoms with E-state index in [4.69, 9.17) is 5.73 Å². The number of anilines is 1. The molecule has 1 aromatic heterocycles. The van der Waals surface area contributed by atoms with E-state index in [1.165, 1.54) is 16.8 Å². The number of aryl methyl sites for hydroxylation is 1. The first-order chi connectivity index (χ1) is 8.16. The Hall–Kier alpha value is -1.91. The molecule has 1 heterocycles. The molecule has 3 rings (SSSR count). The average Bonchev–Trinajstić information content (AvgIpc) is 2.83. The van der Waals surface area contributed by atoms with Gasteiger partial charge in [0.25, 0.3) is 0 Å². The van der Waals surface area contributed by atoms with Crippen molar-refractivity contribution in [2.75, 3.05) is 5.73 Å². The summed E-state index contributed by atoms with van der Waals surface area (Å²) in [7, 11) is 0. The number of fused-ring (bicyclic) bond motifs is 1. The number of nitrogen functional groups attached to an aromatic ring is 1. The van der Waals surface area contributed by atoms with Crippen LogP contribution in [-0.4, -0.2) is 9.78 Å². The highest BCUT2D eigenvalue weighted by Crippen LogP contribution is 2.29. The number of hydrogen-bond donors (Lipinski definition) is 1. The maximum Gasteiger partial charge on any atom is 0.151 e. The molecule has 2 N–H and O–H groups in total. The van der Waals surface area contributed by atoms with Gasteiger partial charge in [0.05, 0.1) is 5.69 Å². The minimum absolute atomic E-state index is 0.193. The van der Waals surface area contributed by atoms with Crippen LogP contribution in [0.15, 0.2) is 18.2 Å². The molecule has 0 atom stereocenters. The first kappa shape index (κ1) is 10.3. The van der Waals surface area contributed by atoms with Gasteiger partial charge < -0.3 is 5.73 Å². The number of rotatable bonds is 1. The summed E-state index contributed by atoms with van der Waals surface area (Å²) in [6.45, 7) is 0. The Balaban J connectivity index is 2.16. The molecule has 0 bridgehead atoms. The molecule has 0 fully saturated rings. The highest BCUT2D eigenvalue weighted by atomic mass is 19.1. The van der Waals surface area contributed by atoms with Crippen molar-refractivity contribution in [3.8, 4) is 5.69 Å². The lowest BCUT2D eigenvalue weighted by Crippen LogP contribution is -2.06. The Bertz CT molecular complexity index is 590. The molecule has 0 spiro atoms. The van der Waals surface area contributed by atoms with Crippen molar-refractivity contribution in [3.63, 3.8) is 0 Å². The second-order valence-corrected chi connectivity index (χ2v) is 4.17. The smallest absolute Gasteiger partial charge is 0.151 e. The lowest BCUT2D eigenvalue weighted by Gasteiger charge is -2.06. The third-order valence-electron chi connectivity index (χ3n) is 3.08. The van der Waals surface area contributed by atoms with Crippen LogP contribution in [0.1, 0.15) is 17.7 Å². The molecule has 0 saturated heterocycles. The summed E-state index contributed by atoms with van der Waals surface area (Å²) in [4.78, 5) is 0. The van der Waals surface area contributed by atoms with Crippen LogP contribution in [0.5, 0.6) is 0 Å². The van der Waals surface area contributed by atoms with Crippen molar-refractivity contribution in [3.05, 3.63) is 41.1 Å². The third kappa shape index (κ3) is 1.50. The SMILES string of the molecule is Nc1c2c(nn1-c1ccc(F)cc1F)CCC2. The summed E-state index contributed by atoms with van der Waals surface area (Å²) in [6, 6.07) is 3.38. The van der Waals surface area contributed by atoms with Gasteiger partial charge in [-0.05, 0) is 31.4 Å². The second-order valence-electron chi connectivity index (χ2n) is 4.17. The highest BCUT2D eigenvalue weighted by Gasteiger charge is 2.22. The van der Waals surface area contributed by atoms with E-state index in [0.717, 1.165) is 36.6 Å². The normalized spacial score (nSPS) is 14.0. The molecule has 1 aliphatic carbocycles. The quantitative estimate of drug-likeness (QED) is 0.823. The lowest BCUT2D eigenvalue weighted by atomic mass is 10.2. The predicted octanol–water partition coefficient (Wildman–Crippen LogP) is 2.22. The van der Waals surface area contributed by atoms with Gasteiger partial charge in [-0.15, -0.1) is 0 Å². The van der Waals surface area contributed by atoms with Crippen LogP contribution in [0.3, 0.4) is 0 Å². The van der Waals surface area contributed by atoms with E-state index in [0.29, 0.717) is 5.82 Å². The summed E-state index contributed by atoms with van der Waals surface area (Å²) in [6.07, 6.45) is 2.79. The standard InChI is InChI=1S/C12H11F2N3/c13-7-4-5-11(9(14)6-7)17-12(15)8-2-1-3-10(8)16-17/h4-6H,1-3,15H2. The van der Waals surface area contributed by atoms with Gasteiger partial charge in [0.2, 0.25) is 0 Å². The summed E-state index contributed by atoms with van der Waals surface area (Å²) in [5, 5.41) is 4.28. The third-order valence-corrected chi connectivity index (χ3v) is 3.08. The first-order valence-corrected chi connectivity index (χ1v) is 5.48. The minimum Gasteiger partial charge on any atom is -0.383 e. The first-order valence-electron chi connectivity index (χ1n) is 5.48. The van der Waals surface area contributed by atoms with E-state index in [-0.39, 0.29) is 5.69 Å². The molecule has 1 aromatic carbocycles. The Labute approximate surface area is 96.9 Å². The Morgan fingerprint density at radius 1 is 1.24 bits per heavy atom. The Morgan fingerprint density at radius 3 is 2.76 bits per heavy atom. The molecule has 0 saturated carbocycles. The van der Waals surface area contributed by atoms with E-state index in [1.807, 2.05) is 0 Å². The molecule has 0 unspecified atom stereocenters. The molecule has 5 heteroatoms. The Kier molecular flexibility index (Phi) is 2.14. The molecule has 0 aliphatic heterocycles. The average molecular weight is 235 g/mol. The Morgan fingerprint density at radius 2 is 2.06 bits per heavy atom. The van der Waals surface area contributed by atoms with E-state index in [1.54, 1.807) is 0 Å². The van der Waals surface area contributed by atoms with Crippen molar-refractivity contribution in [2.24, 2.45) is 0 Å². The molecule has 88 valence electrons. The van der Waals surface area contributed by atoms with Gasteiger partial charge in [-0.2, -0.15) is 5.10 Å². The van der Waals surface area contributed by atoms with Crippen LogP contribution in [0, 0.1) is 11.6 Å². The highest BCUT2D eigenvalue weighted by molar-refractivity contribution is 5.52. The maximum atomic E-state index is 13.6. The van der Waals surface area contributed by atoms with Gasteiger partial charge in [0.15, 0.2) is 5.82 Å². The van der Waals surface area contributed by atoms with Crippen LogP contribution in [0.4, 0.5) is 14.6 Å². The van der Waals surface area contributed by atoms with E-state index in [2.05, 4.69) is 5.10 Å². The van der Waals surface area contributed by atoms with Crippen molar-refractivity contribution in [1.29, 1.82) is 0 Å².